The number of Topliss-reactive ketones (excluding diaryl/α,β-unsaturated/α-hetero) is 1. The van der Waals surface area contributed by atoms with E-state index in [1.165, 1.54) is 11.1 Å². The zero-order valence-corrected chi connectivity index (χ0v) is 12.7. The number of fused-ring (bicyclic) bond motifs is 1. The summed E-state index contributed by atoms with van der Waals surface area (Å²) in [7, 11) is 0. The van der Waals surface area contributed by atoms with E-state index in [1.54, 1.807) is 30.6 Å². The molecule has 3 aromatic rings. The van der Waals surface area contributed by atoms with Crippen molar-refractivity contribution in [3.63, 3.8) is 0 Å². The van der Waals surface area contributed by atoms with Gasteiger partial charge in [-0.25, -0.2) is 4.98 Å². The molecule has 106 valence electrons. The summed E-state index contributed by atoms with van der Waals surface area (Å²) in [4.78, 5) is 16.7. The Hall–Kier alpha value is -2.13. The third kappa shape index (κ3) is 2.69. The summed E-state index contributed by atoms with van der Waals surface area (Å²) in [6.45, 7) is 4.38. The first-order valence-corrected chi connectivity index (χ1v) is 7.13. The van der Waals surface area contributed by atoms with Crippen LogP contribution in [0.15, 0.2) is 42.7 Å². The fraction of sp³-hybridized carbons (Fsp3) is 0.176. The van der Waals surface area contributed by atoms with Gasteiger partial charge < -0.3 is 4.57 Å². The minimum absolute atomic E-state index is 0.0232. The Morgan fingerprint density at radius 3 is 2.71 bits per heavy atom. The van der Waals surface area contributed by atoms with Crippen molar-refractivity contribution in [1.29, 1.82) is 0 Å². The number of carbonyl (C=O) groups is 1. The summed E-state index contributed by atoms with van der Waals surface area (Å²) in [5.74, 6) is 0.0232. The highest BCUT2D eigenvalue weighted by molar-refractivity contribution is 6.31. The lowest BCUT2D eigenvalue weighted by molar-refractivity contribution is 0.0973. The van der Waals surface area contributed by atoms with E-state index in [9.17, 15) is 4.79 Å². The van der Waals surface area contributed by atoms with Crippen LogP contribution in [0, 0.1) is 13.8 Å². The average molecular weight is 299 g/mol. The van der Waals surface area contributed by atoms with Crippen molar-refractivity contribution >= 4 is 28.4 Å². The third-order valence-corrected chi connectivity index (χ3v) is 3.93. The molecule has 1 aromatic heterocycles. The van der Waals surface area contributed by atoms with Gasteiger partial charge in [0.15, 0.2) is 5.78 Å². The molecule has 0 aliphatic carbocycles. The third-order valence-electron chi connectivity index (χ3n) is 3.70. The Balaban J connectivity index is 1.95. The molecular formula is C17H15ClN2O. The maximum atomic E-state index is 12.4. The lowest BCUT2D eigenvalue weighted by Gasteiger charge is -2.06. The molecule has 4 heteroatoms. The minimum Gasteiger partial charge on any atom is -0.323 e. The normalized spacial score (nSPS) is 11.0. The number of benzene rings is 2. The maximum Gasteiger partial charge on any atom is 0.182 e. The van der Waals surface area contributed by atoms with Crippen LogP contribution >= 0.6 is 11.6 Å². The minimum atomic E-state index is 0.0232. The largest absolute Gasteiger partial charge is 0.323 e. The van der Waals surface area contributed by atoms with E-state index in [2.05, 4.69) is 24.9 Å². The fourth-order valence-electron chi connectivity index (χ4n) is 2.35. The lowest BCUT2D eigenvalue weighted by atomic mass is 10.1. The van der Waals surface area contributed by atoms with Crippen LogP contribution in [0.5, 0.6) is 0 Å². The number of carbonyl (C=O) groups excluding carboxylic acids is 1. The number of aromatic nitrogens is 2. The summed E-state index contributed by atoms with van der Waals surface area (Å²) in [5.41, 5.74) is 4.91. The maximum absolute atomic E-state index is 12.4. The molecule has 21 heavy (non-hydrogen) atoms. The standard InChI is InChI=1S/C17H15ClN2O/c1-11-6-15-16(7-12(11)2)20(10-19-15)9-17(21)13-4-3-5-14(18)8-13/h3-8,10H,9H2,1-2H3. The van der Waals surface area contributed by atoms with Gasteiger partial charge in [-0.2, -0.15) is 0 Å². The molecule has 0 unspecified atom stereocenters. The van der Waals surface area contributed by atoms with Gasteiger partial charge in [-0.3, -0.25) is 4.79 Å². The van der Waals surface area contributed by atoms with E-state index >= 15 is 0 Å². The zero-order valence-electron chi connectivity index (χ0n) is 11.9. The number of rotatable bonds is 3. The Kier molecular flexibility index (Phi) is 3.52. The molecule has 0 amide bonds. The van der Waals surface area contributed by atoms with Crippen molar-refractivity contribution in [2.45, 2.75) is 20.4 Å². The number of hydrogen-bond acceptors (Lipinski definition) is 2. The molecule has 0 aliphatic rings. The molecule has 0 saturated heterocycles. The van der Waals surface area contributed by atoms with Gasteiger partial charge in [0.1, 0.15) is 0 Å². The Morgan fingerprint density at radius 2 is 1.95 bits per heavy atom. The smallest absolute Gasteiger partial charge is 0.182 e. The first kappa shape index (κ1) is 13.8. The van der Waals surface area contributed by atoms with Crippen molar-refractivity contribution in [2.75, 3.05) is 0 Å². The van der Waals surface area contributed by atoms with Crippen LogP contribution in [-0.4, -0.2) is 15.3 Å². The summed E-state index contributed by atoms with van der Waals surface area (Å²) in [6, 6.07) is 11.1. The van der Waals surface area contributed by atoms with Gasteiger partial charge in [-0.15, -0.1) is 0 Å². The molecule has 0 saturated carbocycles. The second kappa shape index (κ2) is 5.34. The molecule has 0 N–H and O–H groups in total. The Morgan fingerprint density at radius 1 is 1.19 bits per heavy atom. The van der Waals surface area contributed by atoms with Gasteiger partial charge in [0, 0.05) is 10.6 Å². The molecule has 0 aliphatic heterocycles. The van der Waals surface area contributed by atoms with Crippen LogP contribution in [-0.2, 0) is 6.54 Å². The number of hydrogen-bond donors (Lipinski definition) is 0. The quantitative estimate of drug-likeness (QED) is 0.680. The molecule has 1 heterocycles. The number of halogens is 1. The molecular weight excluding hydrogens is 284 g/mol. The number of imidazole rings is 1. The van der Waals surface area contributed by atoms with E-state index in [-0.39, 0.29) is 12.3 Å². The molecule has 0 spiro atoms. The predicted octanol–water partition coefficient (Wildman–Crippen LogP) is 4.19. The summed E-state index contributed by atoms with van der Waals surface area (Å²) in [6.07, 6.45) is 1.71. The summed E-state index contributed by atoms with van der Waals surface area (Å²) >= 11 is 5.93. The average Bonchev–Trinajstić information content (AvgIpc) is 2.82. The van der Waals surface area contributed by atoms with E-state index in [0.29, 0.717) is 10.6 Å². The monoisotopic (exact) mass is 298 g/mol. The van der Waals surface area contributed by atoms with Crippen molar-refractivity contribution in [3.05, 3.63) is 64.4 Å². The summed E-state index contributed by atoms with van der Waals surface area (Å²) < 4.78 is 1.88. The van der Waals surface area contributed by atoms with Crippen molar-refractivity contribution in [3.8, 4) is 0 Å². The van der Waals surface area contributed by atoms with Gasteiger partial charge in [-0.1, -0.05) is 23.7 Å². The van der Waals surface area contributed by atoms with Crippen LogP contribution in [0.25, 0.3) is 11.0 Å². The van der Waals surface area contributed by atoms with E-state index in [4.69, 9.17) is 11.6 Å². The zero-order chi connectivity index (χ0) is 15.0. The number of ketones is 1. The number of aryl methyl sites for hydroxylation is 2. The topological polar surface area (TPSA) is 34.9 Å². The number of nitrogens with zero attached hydrogens (tertiary/aromatic N) is 2. The second-order valence-electron chi connectivity index (χ2n) is 5.23. The van der Waals surface area contributed by atoms with Crippen molar-refractivity contribution < 1.29 is 4.79 Å². The van der Waals surface area contributed by atoms with Gasteiger partial charge in [0.25, 0.3) is 0 Å². The first-order chi connectivity index (χ1) is 10.0. The molecule has 3 nitrogen and oxygen atoms in total. The fourth-order valence-corrected chi connectivity index (χ4v) is 2.54. The molecule has 2 aromatic carbocycles. The van der Waals surface area contributed by atoms with Gasteiger partial charge in [-0.05, 0) is 49.2 Å². The SMILES string of the molecule is Cc1cc2ncn(CC(=O)c3cccc(Cl)c3)c2cc1C. The Bertz CT molecular complexity index is 836. The summed E-state index contributed by atoms with van der Waals surface area (Å²) in [5, 5.41) is 0.572. The predicted molar refractivity (Wildman–Crippen MR) is 85.0 cm³/mol. The van der Waals surface area contributed by atoms with E-state index < -0.39 is 0 Å². The van der Waals surface area contributed by atoms with Gasteiger partial charge in [0.05, 0.1) is 23.9 Å². The highest BCUT2D eigenvalue weighted by Gasteiger charge is 2.11. The van der Waals surface area contributed by atoms with Crippen molar-refractivity contribution in [1.82, 2.24) is 9.55 Å². The molecule has 0 radical (unpaired) electrons. The molecule has 0 atom stereocenters. The van der Waals surface area contributed by atoms with Gasteiger partial charge >= 0.3 is 0 Å². The van der Waals surface area contributed by atoms with Crippen LogP contribution in [0.1, 0.15) is 21.5 Å². The van der Waals surface area contributed by atoms with Crippen LogP contribution < -0.4 is 0 Å². The highest BCUT2D eigenvalue weighted by Crippen LogP contribution is 2.19. The van der Waals surface area contributed by atoms with Crippen LogP contribution in [0.3, 0.4) is 0 Å². The molecule has 3 rings (SSSR count). The lowest BCUT2D eigenvalue weighted by Crippen LogP contribution is -2.09. The second-order valence-corrected chi connectivity index (χ2v) is 5.67. The van der Waals surface area contributed by atoms with Crippen LogP contribution in [0.2, 0.25) is 5.02 Å². The van der Waals surface area contributed by atoms with Crippen molar-refractivity contribution in [2.24, 2.45) is 0 Å². The Labute approximate surface area is 128 Å². The highest BCUT2D eigenvalue weighted by atomic mass is 35.5. The molecule has 0 fully saturated rings. The first-order valence-electron chi connectivity index (χ1n) is 6.75. The van der Waals surface area contributed by atoms with Crippen LogP contribution in [0.4, 0.5) is 0 Å². The van der Waals surface area contributed by atoms with Gasteiger partial charge in [0.2, 0.25) is 0 Å². The van der Waals surface area contributed by atoms with E-state index in [1.807, 2.05) is 10.6 Å². The van der Waals surface area contributed by atoms with E-state index in [0.717, 1.165) is 11.0 Å². The molecule has 0 bridgehead atoms.